The summed E-state index contributed by atoms with van der Waals surface area (Å²) in [6.07, 6.45) is 7.31. The minimum absolute atomic E-state index is 0.378. The van der Waals surface area contributed by atoms with Gasteiger partial charge in [-0.2, -0.15) is 5.10 Å². The number of nitrogens with zero attached hydrogens (tertiary/aromatic N) is 2. The Morgan fingerprint density at radius 3 is 2.71 bits per heavy atom. The normalized spacial score (nSPS) is 19.5. The molecule has 4 nitrogen and oxygen atoms in total. The predicted octanol–water partition coefficient (Wildman–Crippen LogP) is 2.57. The molecule has 0 bridgehead atoms. The molecule has 4 heteroatoms. The summed E-state index contributed by atoms with van der Waals surface area (Å²) in [6.45, 7) is 4.82. The highest BCUT2D eigenvalue weighted by molar-refractivity contribution is 5.32. The molecule has 2 rings (SSSR count). The van der Waals surface area contributed by atoms with E-state index < -0.39 is 5.60 Å². The Hall–Kier alpha value is -1.03. The lowest BCUT2D eigenvalue weighted by Crippen LogP contribution is -2.38. The van der Waals surface area contributed by atoms with E-state index in [2.05, 4.69) is 24.3 Å². The van der Waals surface area contributed by atoms with Crippen molar-refractivity contribution in [1.82, 2.24) is 9.78 Å². The van der Waals surface area contributed by atoms with Crippen LogP contribution in [0.3, 0.4) is 0 Å². The van der Waals surface area contributed by atoms with Crippen LogP contribution in [0.25, 0.3) is 0 Å². The maximum Gasteiger partial charge on any atom is 0.148 e. The first kappa shape index (κ1) is 12.4. The molecular weight excluding hydrogens is 214 g/mol. The van der Waals surface area contributed by atoms with Gasteiger partial charge in [0.15, 0.2) is 0 Å². The summed E-state index contributed by atoms with van der Waals surface area (Å²) >= 11 is 0. The molecule has 1 fully saturated rings. The quantitative estimate of drug-likeness (QED) is 0.846. The first-order valence-electron chi connectivity index (χ1n) is 6.60. The average Bonchev–Trinajstić information content (AvgIpc) is 2.76. The highest BCUT2D eigenvalue weighted by Crippen LogP contribution is 2.28. The van der Waals surface area contributed by atoms with Crippen molar-refractivity contribution >= 4 is 5.82 Å². The van der Waals surface area contributed by atoms with Crippen LogP contribution in [0.15, 0.2) is 12.3 Å². The molecule has 1 aromatic heterocycles. The molecule has 1 heterocycles. The van der Waals surface area contributed by atoms with Crippen LogP contribution in [-0.2, 0) is 0 Å². The molecule has 0 saturated heterocycles. The maximum absolute atomic E-state index is 10.4. The number of aromatic nitrogens is 2. The number of aliphatic hydroxyl groups is 1. The largest absolute Gasteiger partial charge is 0.388 e. The van der Waals surface area contributed by atoms with Crippen LogP contribution in [0, 0.1) is 0 Å². The number of rotatable bonds is 4. The average molecular weight is 237 g/mol. The van der Waals surface area contributed by atoms with Crippen molar-refractivity contribution in [2.24, 2.45) is 0 Å². The molecule has 0 atom stereocenters. The van der Waals surface area contributed by atoms with E-state index in [0.717, 1.165) is 31.5 Å². The molecule has 0 unspecified atom stereocenters. The molecule has 0 radical (unpaired) electrons. The van der Waals surface area contributed by atoms with Crippen LogP contribution in [0.1, 0.15) is 52.0 Å². The van der Waals surface area contributed by atoms with Gasteiger partial charge in [-0.05, 0) is 26.7 Å². The maximum atomic E-state index is 10.4. The number of nitrogens with one attached hydrogen (secondary N) is 1. The molecule has 0 aliphatic heterocycles. The fraction of sp³-hybridized carbons (Fsp3) is 0.769. The van der Waals surface area contributed by atoms with E-state index >= 15 is 0 Å². The topological polar surface area (TPSA) is 50.1 Å². The molecule has 1 aliphatic carbocycles. The fourth-order valence-corrected chi connectivity index (χ4v) is 2.36. The lowest BCUT2D eigenvalue weighted by molar-refractivity contribution is 0.0166. The molecule has 1 aliphatic rings. The summed E-state index contributed by atoms with van der Waals surface area (Å²) < 4.78 is 1.92. The third kappa shape index (κ3) is 3.22. The van der Waals surface area contributed by atoms with E-state index in [0.29, 0.717) is 12.6 Å². The molecule has 0 aromatic carbocycles. The summed E-state index contributed by atoms with van der Waals surface area (Å²) in [5, 5.41) is 18.0. The zero-order valence-corrected chi connectivity index (χ0v) is 10.8. The summed E-state index contributed by atoms with van der Waals surface area (Å²) in [4.78, 5) is 0. The monoisotopic (exact) mass is 237 g/mol. The second-order valence-corrected chi connectivity index (χ2v) is 5.41. The lowest BCUT2D eigenvalue weighted by Gasteiger charge is -2.32. The fourth-order valence-electron chi connectivity index (χ4n) is 2.36. The minimum atomic E-state index is -0.528. The van der Waals surface area contributed by atoms with Crippen molar-refractivity contribution in [2.75, 3.05) is 11.9 Å². The van der Waals surface area contributed by atoms with Crippen LogP contribution in [0.2, 0.25) is 0 Å². The van der Waals surface area contributed by atoms with E-state index in [1.165, 1.54) is 6.42 Å². The molecule has 2 N–H and O–H groups in total. The van der Waals surface area contributed by atoms with Gasteiger partial charge in [-0.1, -0.05) is 19.3 Å². The van der Waals surface area contributed by atoms with Crippen LogP contribution in [0.4, 0.5) is 5.82 Å². The first-order valence-corrected chi connectivity index (χ1v) is 6.60. The first-order chi connectivity index (χ1) is 8.09. The Morgan fingerprint density at radius 2 is 2.12 bits per heavy atom. The Morgan fingerprint density at radius 1 is 1.41 bits per heavy atom. The minimum Gasteiger partial charge on any atom is -0.388 e. The van der Waals surface area contributed by atoms with Crippen LogP contribution in [0.5, 0.6) is 0 Å². The van der Waals surface area contributed by atoms with Gasteiger partial charge < -0.3 is 10.4 Å². The highest BCUT2D eigenvalue weighted by Gasteiger charge is 2.28. The lowest BCUT2D eigenvalue weighted by atomic mass is 9.85. The second-order valence-electron chi connectivity index (χ2n) is 5.41. The number of hydrogen-bond acceptors (Lipinski definition) is 3. The van der Waals surface area contributed by atoms with Crippen molar-refractivity contribution in [1.29, 1.82) is 0 Å². The summed E-state index contributed by atoms with van der Waals surface area (Å²) in [6, 6.07) is 2.34. The standard InChI is InChI=1S/C13H23N3O/c1-11(2)16-9-6-12(15-16)14-10-13(17)7-4-3-5-8-13/h6,9,11,17H,3-5,7-8,10H2,1-2H3,(H,14,15). The smallest absolute Gasteiger partial charge is 0.148 e. The third-order valence-electron chi connectivity index (χ3n) is 3.52. The Bertz CT molecular complexity index is 353. The molecular formula is C13H23N3O. The van der Waals surface area contributed by atoms with Crippen molar-refractivity contribution in [3.8, 4) is 0 Å². The van der Waals surface area contributed by atoms with Gasteiger partial charge in [0.2, 0.25) is 0 Å². The molecule has 0 spiro atoms. The third-order valence-corrected chi connectivity index (χ3v) is 3.52. The van der Waals surface area contributed by atoms with E-state index in [9.17, 15) is 5.11 Å². The molecule has 1 saturated carbocycles. The van der Waals surface area contributed by atoms with E-state index in [-0.39, 0.29) is 0 Å². The van der Waals surface area contributed by atoms with Gasteiger partial charge in [0.1, 0.15) is 5.82 Å². The number of anilines is 1. The number of hydrogen-bond donors (Lipinski definition) is 2. The summed E-state index contributed by atoms with van der Waals surface area (Å²) in [7, 11) is 0. The molecule has 0 amide bonds. The van der Waals surface area contributed by atoms with Crippen molar-refractivity contribution in [3.63, 3.8) is 0 Å². The summed E-state index contributed by atoms with van der Waals surface area (Å²) in [5.41, 5.74) is -0.528. The van der Waals surface area contributed by atoms with E-state index in [1.807, 2.05) is 16.9 Å². The zero-order chi connectivity index (χ0) is 12.3. The van der Waals surface area contributed by atoms with Gasteiger partial charge in [-0.25, -0.2) is 0 Å². The SMILES string of the molecule is CC(C)n1ccc(NCC2(O)CCCCC2)n1. The van der Waals surface area contributed by atoms with Crippen molar-refractivity contribution in [2.45, 2.75) is 57.6 Å². The van der Waals surface area contributed by atoms with Crippen molar-refractivity contribution < 1.29 is 5.11 Å². The van der Waals surface area contributed by atoms with Gasteiger partial charge in [-0.3, -0.25) is 4.68 Å². The Kier molecular flexibility index (Phi) is 3.72. The van der Waals surface area contributed by atoms with E-state index in [1.54, 1.807) is 0 Å². The van der Waals surface area contributed by atoms with Gasteiger partial charge in [0, 0.05) is 24.8 Å². The van der Waals surface area contributed by atoms with Gasteiger partial charge in [-0.15, -0.1) is 0 Å². The molecule has 96 valence electrons. The van der Waals surface area contributed by atoms with E-state index in [4.69, 9.17) is 0 Å². The van der Waals surface area contributed by atoms with Crippen LogP contribution < -0.4 is 5.32 Å². The molecule has 17 heavy (non-hydrogen) atoms. The summed E-state index contributed by atoms with van der Waals surface area (Å²) in [5.74, 6) is 0.859. The van der Waals surface area contributed by atoms with Crippen molar-refractivity contribution in [3.05, 3.63) is 12.3 Å². The second kappa shape index (κ2) is 5.08. The highest BCUT2D eigenvalue weighted by atomic mass is 16.3. The molecule has 1 aromatic rings. The zero-order valence-electron chi connectivity index (χ0n) is 10.8. The van der Waals surface area contributed by atoms with Crippen LogP contribution in [-0.4, -0.2) is 27.0 Å². The van der Waals surface area contributed by atoms with Gasteiger partial charge in [0.05, 0.1) is 5.60 Å². The van der Waals surface area contributed by atoms with Crippen LogP contribution >= 0.6 is 0 Å². The van der Waals surface area contributed by atoms with Gasteiger partial charge in [0.25, 0.3) is 0 Å². The Balaban J connectivity index is 1.88. The van der Waals surface area contributed by atoms with Gasteiger partial charge >= 0.3 is 0 Å². The predicted molar refractivity (Wildman–Crippen MR) is 69.1 cm³/mol. The Labute approximate surface area is 103 Å².